The molecule has 0 bridgehead atoms. The molecule has 1 atom stereocenters. The summed E-state index contributed by atoms with van der Waals surface area (Å²) in [6, 6.07) is 6.16. The zero-order valence-electron chi connectivity index (χ0n) is 12.4. The van der Waals surface area contributed by atoms with Gasteiger partial charge in [-0.3, -0.25) is 4.79 Å². The molecule has 4 heteroatoms. The van der Waals surface area contributed by atoms with E-state index in [-0.39, 0.29) is 12.5 Å². The second-order valence-corrected chi connectivity index (χ2v) is 5.52. The SMILES string of the molecule is Cc1cccc(C(=O)N(CCO)CC2CCCN2)c1C. The molecule has 1 unspecified atom stereocenters. The number of carbonyl (C=O) groups is 1. The number of aliphatic hydroxyl groups excluding tert-OH is 1. The van der Waals surface area contributed by atoms with E-state index < -0.39 is 0 Å². The number of aliphatic hydroxyl groups is 1. The van der Waals surface area contributed by atoms with E-state index in [4.69, 9.17) is 0 Å². The van der Waals surface area contributed by atoms with Gasteiger partial charge in [0.25, 0.3) is 5.91 Å². The van der Waals surface area contributed by atoms with E-state index in [9.17, 15) is 9.90 Å². The van der Waals surface area contributed by atoms with Crippen LogP contribution in [0.25, 0.3) is 0 Å². The average Bonchev–Trinajstić information content (AvgIpc) is 2.94. The lowest BCUT2D eigenvalue weighted by atomic mass is 10.0. The highest BCUT2D eigenvalue weighted by atomic mass is 16.3. The van der Waals surface area contributed by atoms with Crippen molar-refractivity contribution in [1.82, 2.24) is 10.2 Å². The molecule has 0 aliphatic carbocycles. The summed E-state index contributed by atoms with van der Waals surface area (Å²) >= 11 is 0. The van der Waals surface area contributed by atoms with Gasteiger partial charge in [-0.1, -0.05) is 12.1 Å². The van der Waals surface area contributed by atoms with Crippen molar-refractivity contribution in [3.05, 3.63) is 34.9 Å². The standard InChI is InChI=1S/C16H24N2O2/c1-12-5-3-7-15(13(12)2)16(20)18(9-10-19)11-14-6-4-8-17-14/h3,5,7,14,17,19H,4,6,8-11H2,1-2H3. The lowest BCUT2D eigenvalue weighted by molar-refractivity contribution is 0.0705. The van der Waals surface area contributed by atoms with Gasteiger partial charge in [0.2, 0.25) is 0 Å². The van der Waals surface area contributed by atoms with E-state index in [2.05, 4.69) is 5.32 Å². The fourth-order valence-electron chi connectivity index (χ4n) is 2.73. The van der Waals surface area contributed by atoms with Gasteiger partial charge in [0.15, 0.2) is 0 Å². The Morgan fingerprint density at radius 3 is 2.90 bits per heavy atom. The highest BCUT2D eigenvalue weighted by molar-refractivity contribution is 5.96. The molecule has 4 nitrogen and oxygen atoms in total. The summed E-state index contributed by atoms with van der Waals surface area (Å²) in [5.41, 5.74) is 2.90. The van der Waals surface area contributed by atoms with Gasteiger partial charge < -0.3 is 15.3 Å². The highest BCUT2D eigenvalue weighted by Crippen LogP contribution is 2.16. The molecule has 2 N–H and O–H groups in total. The molecule has 1 saturated heterocycles. The van der Waals surface area contributed by atoms with Gasteiger partial charge in [0.1, 0.15) is 0 Å². The van der Waals surface area contributed by atoms with Crippen LogP contribution in [0.5, 0.6) is 0 Å². The van der Waals surface area contributed by atoms with E-state index in [1.54, 1.807) is 4.90 Å². The number of carbonyl (C=O) groups excluding carboxylic acids is 1. The minimum Gasteiger partial charge on any atom is -0.395 e. The van der Waals surface area contributed by atoms with Crippen LogP contribution in [-0.2, 0) is 0 Å². The number of nitrogens with zero attached hydrogens (tertiary/aromatic N) is 1. The molecule has 0 radical (unpaired) electrons. The fraction of sp³-hybridized carbons (Fsp3) is 0.562. The van der Waals surface area contributed by atoms with E-state index in [1.165, 1.54) is 0 Å². The number of amides is 1. The summed E-state index contributed by atoms with van der Waals surface area (Å²) in [7, 11) is 0. The predicted molar refractivity (Wildman–Crippen MR) is 79.9 cm³/mol. The Labute approximate surface area is 120 Å². The number of hydrogen-bond donors (Lipinski definition) is 2. The maximum absolute atomic E-state index is 12.7. The van der Waals surface area contributed by atoms with Crippen LogP contribution in [0.2, 0.25) is 0 Å². The molecule has 2 rings (SSSR count). The number of rotatable bonds is 5. The Balaban J connectivity index is 2.14. The number of hydrogen-bond acceptors (Lipinski definition) is 3. The Hall–Kier alpha value is -1.39. The number of aryl methyl sites for hydroxylation is 1. The van der Waals surface area contributed by atoms with Crippen LogP contribution in [0, 0.1) is 13.8 Å². The third kappa shape index (κ3) is 3.38. The molecule has 1 aromatic carbocycles. The smallest absolute Gasteiger partial charge is 0.254 e. The average molecular weight is 276 g/mol. The second kappa shape index (κ2) is 6.86. The number of nitrogens with one attached hydrogen (secondary N) is 1. The predicted octanol–water partition coefficient (Wildman–Crippen LogP) is 1.49. The molecule has 1 fully saturated rings. The summed E-state index contributed by atoms with van der Waals surface area (Å²) in [5, 5.41) is 12.6. The second-order valence-electron chi connectivity index (χ2n) is 5.52. The first-order valence-electron chi connectivity index (χ1n) is 7.33. The quantitative estimate of drug-likeness (QED) is 0.856. The maximum atomic E-state index is 12.7. The van der Waals surface area contributed by atoms with Crippen molar-refractivity contribution in [2.75, 3.05) is 26.2 Å². The molecule has 0 aromatic heterocycles. The van der Waals surface area contributed by atoms with Gasteiger partial charge in [0.05, 0.1) is 6.61 Å². The van der Waals surface area contributed by atoms with Gasteiger partial charge in [-0.15, -0.1) is 0 Å². The van der Waals surface area contributed by atoms with Crippen molar-refractivity contribution in [1.29, 1.82) is 0 Å². The first-order valence-corrected chi connectivity index (χ1v) is 7.33. The van der Waals surface area contributed by atoms with Gasteiger partial charge in [-0.05, 0) is 50.4 Å². The van der Waals surface area contributed by atoms with Crippen molar-refractivity contribution >= 4 is 5.91 Å². The van der Waals surface area contributed by atoms with E-state index in [0.29, 0.717) is 19.1 Å². The summed E-state index contributed by atoms with van der Waals surface area (Å²) in [4.78, 5) is 14.5. The topological polar surface area (TPSA) is 52.6 Å². The van der Waals surface area contributed by atoms with E-state index in [0.717, 1.165) is 36.1 Å². The molecule has 1 amide bonds. The molecule has 1 aliphatic heterocycles. The first kappa shape index (κ1) is 15.0. The van der Waals surface area contributed by atoms with Crippen LogP contribution in [0.4, 0.5) is 0 Å². The number of benzene rings is 1. The van der Waals surface area contributed by atoms with Crippen molar-refractivity contribution in [2.24, 2.45) is 0 Å². The van der Waals surface area contributed by atoms with Gasteiger partial charge in [0, 0.05) is 24.7 Å². The zero-order chi connectivity index (χ0) is 14.5. The summed E-state index contributed by atoms with van der Waals surface area (Å²) in [5.74, 6) is 0.0222. The highest BCUT2D eigenvalue weighted by Gasteiger charge is 2.23. The monoisotopic (exact) mass is 276 g/mol. The Morgan fingerprint density at radius 2 is 2.25 bits per heavy atom. The van der Waals surface area contributed by atoms with Crippen molar-refractivity contribution < 1.29 is 9.90 Å². The summed E-state index contributed by atoms with van der Waals surface area (Å²) < 4.78 is 0. The van der Waals surface area contributed by atoms with Crippen LogP contribution < -0.4 is 5.32 Å². The van der Waals surface area contributed by atoms with Gasteiger partial charge in [-0.25, -0.2) is 0 Å². The third-order valence-electron chi connectivity index (χ3n) is 4.10. The minimum absolute atomic E-state index is 0.00330. The van der Waals surface area contributed by atoms with E-state index in [1.807, 2.05) is 32.0 Å². The van der Waals surface area contributed by atoms with Crippen LogP contribution >= 0.6 is 0 Å². The van der Waals surface area contributed by atoms with Crippen molar-refractivity contribution in [2.45, 2.75) is 32.7 Å². The molecular formula is C16H24N2O2. The molecule has 20 heavy (non-hydrogen) atoms. The molecule has 1 aromatic rings. The molecule has 110 valence electrons. The molecule has 1 heterocycles. The van der Waals surface area contributed by atoms with Crippen molar-refractivity contribution in [3.8, 4) is 0 Å². The zero-order valence-corrected chi connectivity index (χ0v) is 12.4. The summed E-state index contributed by atoms with van der Waals surface area (Å²) in [6.45, 7) is 6.09. The lowest BCUT2D eigenvalue weighted by Crippen LogP contribution is -2.42. The Morgan fingerprint density at radius 1 is 1.45 bits per heavy atom. The van der Waals surface area contributed by atoms with Gasteiger partial charge in [-0.2, -0.15) is 0 Å². The third-order valence-corrected chi connectivity index (χ3v) is 4.10. The lowest BCUT2D eigenvalue weighted by Gasteiger charge is -2.26. The molecule has 0 spiro atoms. The maximum Gasteiger partial charge on any atom is 0.254 e. The van der Waals surface area contributed by atoms with Crippen LogP contribution in [0.15, 0.2) is 18.2 Å². The Kier molecular flexibility index (Phi) is 5.15. The normalized spacial score (nSPS) is 18.2. The first-order chi connectivity index (χ1) is 9.63. The summed E-state index contributed by atoms with van der Waals surface area (Å²) in [6.07, 6.45) is 2.26. The van der Waals surface area contributed by atoms with Crippen LogP contribution in [0.1, 0.15) is 34.3 Å². The largest absolute Gasteiger partial charge is 0.395 e. The minimum atomic E-state index is 0.00330. The van der Waals surface area contributed by atoms with Crippen molar-refractivity contribution in [3.63, 3.8) is 0 Å². The van der Waals surface area contributed by atoms with Crippen LogP contribution in [-0.4, -0.2) is 48.2 Å². The fourth-order valence-corrected chi connectivity index (χ4v) is 2.73. The molecule has 1 aliphatic rings. The molecule has 0 saturated carbocycles. The Bertz CT molecular complexity index is 468. The van der Waals surface area contributed by atoms with Gasteiger partial charge >= 0.3 is 0 Å². The molecular weight excluding hydrogens is 252 g/mol. The van der Waals surface area contributed by atoms with E-state index >= 15 is 0 Å². The van der Waals surface area contributed by atoms with Crippen LogP contribution in [0.3, 0.4) is 0 Å².